The second-order valence-electron chi connectivity index (χ2n) is 6.72. The minimum atomic E-state index is -3.32. The molecular weight excluding hydrogens is 410 g/mol. The number of sulfonamides is 1. The van der Waals surface area contributed by atoms with Gasteiger partial charge in [0.2, 0.25) is 10.0 Å². The first-order valence-corrected chi connectivity index (χ1v) is 11.8. The average Bonchev–Trinajstić information content (AvgIpc) is 2.98. The van der Waals surface area contributed by atoms with Crippen molar-refractivity contribution >= 4 is 43.9 Å². The van der Waals surface area contributed by atoms with Crippen LogP contribution in [0.1, 0.15) is 20.3 Å². The molecule has 0 amide bonds. The number of rotatable bonds is 9. The monoisotopic (exact) mass is 435 g/mol. The van der Waals surface area contributed by atoms with Crippen LogP contribution in [-0.2, 0) is 16.6 Å². The van der Waals surface area contributed by atoms with E-state index in [-0.39, 0.29) is 5.75 Å². The van der Waals surface area contributed by atoms with Crippen molar-refractivity contribution in [1.82, 2.24) is 4.57 Å². The van der Waals surface area contributed by atoms with E-state index >= 15 is 0 Å². The van der Waals surface area contributed by atoms with Crippen molar-refractivity contribution in [2.75, 3.05) is 28.7 Å². The number of anilines is 2. The summed E-state index contributed by atoms with van der Waals surface area (Å²) >= 11 is 5.71. The molecule has 0 saturated heterocycles. The van der Waals surface area contributed by atoms with Crippen molar-refractivity contribution in [1.29, 1.82) is 0 Å². The van der Waals surface area contributed by atoms with Gasteiger partial charge in [-0.15, -0.1) is 11.6 Å². The standard InChI is InChI=1S/C21H26ClN3O3S/c1-3-13-29(26,27)24-16-7-5-15(6-8-16)21-20(23)18-10-9-17(28-12-11-22)14-19(18)25(21)4-2/h5-10,14,24H,3-4,11-13,23H2,1-2H3. The molecule has 0 fully saturated rings. The molecule has 0 aliphatic carbocycles. The molecule has 0 radical (unpaired) electrons. The minimum absolute atomic E-state index is 0.0971. The largest absolute Gasteiger partial charge is 0.492 e. The second kappa shape index (κ2) is 8.97. The molecule has 0 aliphatic heterocycles. The highest BCUT2D eigenvalue weighted by Gasteiger charge is 2.17. The van der Waals surface area contributed by atoms with Gasteiger partial charge in [-0.1, -0.05) is 19.1 Å². The molecule has 8 heteroatoms. The van der Waals surface area contributed by atoms with Gasteiger partial charge in [-0.25, -0.2) is 8.42 Å². The zero-order valence-electron chi connectivity index (χ0n) is 16.6. The van der Waals surface area contributed by atoms with Gasteiger partial charge < -0.3 is 15.0 Å². The molecule has 156 valence electrons. The highest BCUT2D eigenvalue weighted by molar-refractivity contribution is 7.92. The van der Waals surface area contributed by atoms with E-state index in [1.165, 1.54) is 0 Å². The van der Waals surface area contributed by atoms with E-state index in [1.807, 2.05) is 37.3 Å². The summed E-state index contributed by atoms with van der Waals surface area (Å²) in [5.41, 5.74) is 10.5. The number of ether oxygens (including phenoxy) is 1. The number of aryl methyl sites for hydroxylation is 1. The zero-order chi connectivity index (χ0) is 21.0. The maximum Gasteiger partial charge on any atom is 0.232 e. The first-order valence-electron chi connectivity index (χ1n) is 9.61. The fraction of sp³-hybridized carbons (Fsp3) is 0.333. The van der Waals surface area contributed by atoms with E-state index < -0.39 is 10.0 Å². The number of nitrogens with zero attached hydrogens (tertiary/aromatic N) is 1. The van der Waals surface area contributed by atoms with Crippen molar-refractivity contribution in [2.24, 2.45) is 0 Å². The van der Waals surface area contributed by atoms with E-state index in [9.17, 15) is 8.42 Å². The fourth-order valence-corrected chi connectivity index (χ4v) is 4.65. The molecule has 3 rings (SSSR count). The molecule has 3 N–H and O–H groups in total. The zero-order valence-corrected chi connectivity index (χ0v) is 18.2. The Hall–Kier alpha value is -2.38. The summed E-state index contributed by atoms with van der Waals surface area (Å²) in [7, 11) is -3.32. The summed E-state index contributed by atoms with van der Waals surface area (Å²) < 4.78 is 34.3. The highest BCUT2D eigenvalue weighted by atomic mass is 35.5. The number of nitrogens with two attached hydrogens (primary N) is 1. The summed E-state index contributed by atoms with van der Waals surface area (Å²) in [6.45, 7) is 5.06. The van der Waals surface area contributed by atoms with Gasteiger partial charge in [0.1, 0.15) is 12.4 Å². The molecule has 0 spiro atoms. The van der Waals surface area contributed by atoms with Crippen LogP contribution < -0.4 is 15.2 Å². The van der Waals surface area contributed by atoms with Crippen molar-refractivity contribution in [3.63, 3.8) is 0 Å². The Morgan fingerprint density at radius 2 is 1.86 bits per heavy atom. The number of hydrogen-bond acceptors (Lipinski definition) is 4. The minimum Gasteiger partial charge on any atom is -0.492 e. The van der Waals surface area contributed by atoms with Crippen LogP contribution in [0.25, 0.3) is 22.2 Å². The quantitative estimate of drug-likeness (QED) is 0.478. The average molecular weight is 436 g/mol. The third kappa shape index (κ3) is 4.62. The molecule has 0 atom stereocenters. The molecule has 3 aromatic rings. The van der Waals surface area contributed by atoms with Gasteiger partial charge in [-0.2, -0.15) is 0 Å². The van der Waals surface area contributed by atoms with Crippen LogP contribution in [0.15, 0.2) is 42.5 Å². The van der Waals surface area contributed by atoms with Gasteiger partial charge in [0, 0.05) is 29.2 Å². The van der Waals surface area contributed by atoms with E-state index in [0.29, 0.717) is 30.3 Å². The molecule has 0 saturated carbocycles. The smallest absolute Gasteiger partial charge is 0.232 e. The summed E-state index contributed by atoms with van der Waals surface area (Å²) in [6.07, 6.45) is 0.567. The fourth-order valence-electron chi connectivity index (χ4n) is 3.44. The number of fused-ring (bicyclic) bond motifs is 1. The van der Waals surface area contributed by atoms with Crippen molar-refractivity contribution in [3.05, 3.63) is 42.5 Å². The Kier molecular flexibility index (Phi) is 6.59. The predicted octanol–water partition coefficient (Wildman–Crippen LogP) is 4.68. The predicted molar refractivity (Wildman–Crippen MR) is 121 cm³/mol. The normalized spacial score (nSPS) is 11.7. The van der Waals surface area contributed by atoms with Crippen LogP contribution in [-0.4, -0.2) is 31.2 Å². The van der Waals surface area contributed by atoms with Crippen molar-refractivity contribution in [2.45, 2.75) is 26.8 Å². The SMILES string of the molecule is CCCS(=O)(=O)Nc1ccc(-c2c(N)c3ccc(OCCCl)cc3n2CC)cc1. The van der Waals surface area contributed by atoms with Crippen LogP contribution in [0.5, 0.6) is 5.75 Å². The van der Waals surface area contributed by atoms with Crippen LogP contribution in [0.4, 0.5) is 11.4 Å². The van der Waals surface area contributed by atoms with Gasteiger partial charge >= 0.3 is 0 Å². The number of alkyl halides is 1. The van der Waals surface area contributed by atoms with Crippen molar-refractivity contribution in [3.8, 4) is 17.0 Å². The summed E-state index contributed by atoms with van der Waals surface area (Å²) in [6, 6.07) is 13.1. The molecule has 1 aromatic heterocycles. The van der Waals surface area contributed by atoms with Crippen molar-refractivity contribution < 1.29 is 13.2 Å². The second-order valence-corrected chi connectivity index (χ2v) is 8.94. The van der Waals surface area contributed by atoms with Crippen LogP contribution in [0.2, 0.25) is 0 Å². The van der Waals surface area contributed by atoms with Gasteiger partial charge in [0.05, 0.1) is 28.5 Å². The number of aromatic nitrogens is 1. The van der Waals surface area contributed by atoms with Gasteiger partial charge in [0.15, 0.2) is 0 Å². The lowest BCUT2D eigenvalue weighted by Gasteiger charge is -2.11. The first-order chi connectivity index (χ1) is 13.9. The summed E-state index contributed by atoms with van der Waals surface area (Å²) in [5.74, 6) is 1.27. The number of hydrogen-bond donors (Lipinski definition) is 2. The maximum absolute atomic E-state index is 12.0. The number of nitrogen functional groups attached to an aromatic ring is 1. The highest BCUT2D eigenvalue weighted by Crippen LogP contribution is 2.38. The molecule has 0 bridgehead atoms. The van der Waals surface area contributed by atoms with E-state index in [4.69, 9.17) is 22.1 Å². The third-order valence-electron chi connectivity index (χ3n) is 4.64. The van der Waals surface area contributed by atoms with Crippen LogP contribution in [0.3, 0.4) is 0 Å². The van der Waals surface area contributed by atoms with E-state index in [2.05, 4.69) is 16.2 Å². The molecule has 6 nitrogen and oxygen atoms in total. The Morgan fingerprint density at radius 1 is 1.14 bits per heavy atom. The Labute approximate surface area is 176 Å². The molecule has 0 unspecified atom stereocenters. The number of benzene rings is 2. The van der Waals surface area contributed by atoms with E-state index in [0.717, 1.165) is 34.5 Å². The topological polar surface area (TPSA) is 86.3 Å². The Bertz CT molecular complexity index is 1090. The summed E-state index contributed by atoms with van der Waals surface area (Å²) in [5, 5.41) is 0.952. The number of halogens is 1. The molecule has 29 heavy (non-hydrogen) atoms. The lowest BCUT2D eigenvalue weighted by atomic mass is 10.1. The van der Waals surface area contributed by atoms with E-state index in [1.54, 1.807) is 12.1 Å². The third-order valence-corrected chi connectivity index (χ3v) is 6.29. The molecular formula is C21H26ClN3O3S. The molecule has 2 aromatic carbocycles. The lowest BCUT2D eigenvalue weighted by Crippen LogP contribution is -2.15. The lowest BCUT2D eigenvalue weighted by molar-refractivity contribution is 0.343. The summed E-state index contributed by atoms with van der Waals surface area (Å²) in [4.78, 5) is 0. The van der Waals surface area contributed by atoms with Crippen LogP contribution in [0, 0.1) is 0 Å². The van der Waals surface area contributed by atoms with Gasteiger partial charge in [0.25, 0.3) is 0 Å². The molecule has 1 heterocycles. The Balaban J connectivity index is 1.99. The number of nitrogens with one attached hydrogen (secondary N) is 1. The van der Waals surface area contributed by atoms with Gasteiger partial charge in [-0.3, -0.25) is 4.72 Å². The molecule has 0 aliphatic rings. The Morgan fingerprint density at radius 3 is 2.48 bits per heavy atom. The first kappa shape index (κ1) is 21.3. The maximum atomic E-state index is 12.0. The van der Waals surface area contributed by atoms with Gasteiger partial charge in [-0.05, 0) is 37.6 Å². The van der Waals surface area contributed by atoms with Crippen LogP contribution >= 0.6 is 11.6 Å².